The second-order valence-electron chi connectivity index (χ2n) is 5.26. The number of hydrogen-bond acceptors (Lipinski definition) is 3. The summed E-state index contributed by atoms with van der Waals surface area (Å²) < 4.78 is 1.22. The minimum absolute atomic E-state index is 0.293. The van der Waals surface area contributed by atoms with Crippen LogP contribution >= 0.6 is 11.3 Å². The van der Waals surface area contributed by atoms with Crippen molar-refractivity contribution < 1.29 is 0 Å². The SMILES string of the molecule is Cc1ccc(C(C)Nc2ccc3ncsc3c2)c(C)c1. The quantitative estimate of drug-likeness (QED) is 0.724. The Morgan fingerprint density at radius 2 is 1.95 bits per heavy atom. The normalized spacial score (nSPS) is 12.6. The van der Waals surface area contributed by atoms with Gasteiger partial charge in [0.2, 0.25) is 0 Å². The Bertz CT molecular complexity index is 746. The average Bonchev–Trinajstić information content (AvgIpc) is 2.85. The van der Waals surface area contributed by atoms with Crippen molar-refractivity contribution in [3.8, 4) is 0 Å². The van der Waals surface area contributed by atoms with E-state index in [0.717, 1.165) is 11.2 Å². The van der Waals surface area contributed by atoms with Gasteiger partial charge in [0.25, 0.3) is 0 Å². The second kappa shape index (κ2) is 5.25. The fraction of sp³-hybridized carbons (Fsp3) is 0.235. The standard InChI is InChI=1S/C17H18N2S/c1-11-4-6-15(12(2)8-11)13(3)19-14-5-7-16-17(9-14)20-10-18-16/h4-10,13,19H,1-3H3. The van der Waals surface area contributed by atoms with Crippen molar-refractivity contribution in [3.05, 3.63) is 58.6 Å². The summed E-state index contributed by atoms with van der Waals surface area (Å²) in [5.41, 5.74) is 8.10. The van der Waals surface area contributed by atoms with Gasteiger partial charge in [-0.25, -0.2) is 4.98 Å². The topological polar surface area (TPSA) is 24.9 Å². The van der Waals surface area contributed by atoms with Crippen molar-refractivity contribution in [2.75, 3.05) is 5.32 Å². The van der Waals surface area contributed by atoms with Gasteiger partial charge in [-0.2, -0.15) is 0 Å². The number of aryl methyl sites for hydroxylation is 2. The lowest BCUT2D eigenvalue weighted by molar-refractivity contribution is 0.873. The first-order valence-electron chi connectivity index (χ1n) is 6.80. The van der Waals surface area contributed by atoms with Crippen LogP contribution in [0.15, 0.2) is 41.9 Å². The molecule has 0 amide bonds. The maximum atomic E-state index is 4.31. The van der Waals surface area contributed by atoms with E-state index in [1.165, 1.54) is 21.4 Å². The number of thiazole rings is 1. The molecule has 0 saturated heterocycles. The third kappa shape index (κ3) is 2.54. The Morgan fingerprint density at radius 3 is 2.75 bits per heavy atom. The fourth-order valence-electron chi connectivity index (χ4n) is 2.58. The molecule has 1 heterocycles. The van der Waals surface area contributed by atoms with Gasteiger partial charge in [-0.15, -0.1) is 11.3 Å². The first-order valence-corrected chi connectivity index (χ1v) is 7.68. The number of nitrogens with zero attached hydrogens (tertiary/aromatic N) is 1. The molecule has 3 rings (SSSR count). The Kier molecular flexibility index (Phi) is 3.45. The van der Waals surface area contributed by atoms with Crippen LogP contribution in [0.1, 0.15) is 29.7 Å². The van der Waals surface area contributed by atoms with Crippen LogP contribution in [0.5, 0.6) is 0 Å². The van der Waals surface area contributed by atoms with Crippen molar-refractivity contribution in [2.45, 2.75) is 26.8 Å². The monoisotopic (exact) mass is 282 g/mol. The molecule has 0 aliphatic heterocycles. The molecule has 2 aromatic carbocycles. The number of anilines is 1. The van der Waals surface area contributed by atoms with Gasteiger partial charge in [0.15, 0.2) is 0 Å². The highest BCUT2D eigenvalue weighted by molar-refractivity contribution is 7.16. The molecule has 1 N–H and O–H groups in total. The van der Waals surface area contributed by atoms with Crippen LogP contribution in [0.3, 0.4) is 0 Å². The Labute approximate surface area is 123 Å². The summed E-state index contributed by atoms with van der Waals surface area (Å²) in [4.78, 5) is 4.31. The molecule has 2 nitrogen and oxygen atoms in total. The van der Waals surface area contributed by atoms with E-state index in [9.17, 15) is 0 Å². The largest absolute Gasteiger partial charge is 0.378 e. The number of fused-ring (bicyclic) bond motifs is 1. The zero-order valence-electron chi connectivity index (χ0n) is 12.0. The number of benzene rings is 2. The summed E-state index contributed by atoms with van der Waals surface area (Å²) in [6.45, 7) is 6.51. The third-order valence-electron chi connectivity index (χ3n) is 3.61. The molecular weight excluding hydrogens is 264 g/mol. The summed E-state index contributed by atoms with van der Waals surface area (Å²) >= 11 is 1.68. The van der Waals surface area contributed by atoms with E-state index in [1.807, 2.05) is 5.51 Å². The van der Waals surface area contributed by atoms with Gasteiger partial charge in [-0.1, -0.05) is 23.8 Å². The van der Waals surface area contributed by atoms with E-state index < -0.39 is 0 Å². The summed E-state index contributed by atoms with van der Waals surface area (Å²) in [7, 11) is 0. The van der Waals surface area contributed by atoms with Crippen LogP contribution in [0, 0.1) is 13.8 Å². The fourth-order valence-corrected chi connectivity index (χ4v) is 3.30. The molecule has 0 aliphatic carbocycles. The Hall–Kier alpha value is -1.87. The number of aromatic nitrogens is 1. The smallest absolute Gasteiger partial charge is 0.0813 e. The lowest BCUT2D eigenvalue weighted by atomic mass is 10.00. The molecule has 102 valence electrons. The molecule has 0 radical (unpaired) electrons. The van der Waals surface area contributed by atoms with Crippen molar-refractivity contribution in [1.29, 1.82) is 0 Å². The van der Waals surface area contributed by atoms with Gasteiger partial charge >= 0.3 is 0 Å². The molecule has 0 saturated carbocycles. The highest BCUT2D eigenvalue weighted by Crippen LogP contribution is 2.26. The van der Waals surface area contributed by atoms with Crippen LogP contribution in [0.4, 0.5) is 5.69 Å². The van der Waals surface area contributed by atoms with Gasteiger partial charge in [0, 0.05) is 11.7 Å². The predicted octanol–water partition coefficient (Wildman–Crippen LogP) is 5.09. The summed E-state index contributed by atoms with van der Waals surface area (Å²) in [6, 6.07) is 13.3. The van der Waals surface area contributed by atoms with Crippen LogP contribution in [-0.2, 0) is 0 Å². The number of rotatable bonds is 3. The molecule has 20 heavy (non-hydrogen) atoms. The maximum Gasteiger partial charge on any atom is 0.0813 e. The predicted molar refractivity (Wildman–Crippen MR) is 87.6 cm³/mol. The summed E-state index contributed by atoms with van der Waals surface area (Å²) in [6.07, 6.45) is 0. The van der Waals surface area contributed by atoms with E-state index >= 15 is 0 Å². The van der Waals surface area contributed by atoms with Crippen molar-refractivity contribution in [1.82, 2.24) is 4.98 Å². The molecule has 1 aromatic heterocycles. The maximum absolute atomic E-state index is 4.31. The lowest BCUT2D eigenvalue weighted by Crippen LogP contribution is -2.08. The van der Waals surface area contributed by atoms with E-state index in [4.69, 9.17) is 0 Å². The van der Waals surface area contributed by atoms with Crippen LogP contribution < -0.4 is 5.32 Å². The van der Waals surface area contributed by atoms with Crippen molar-refractivity contribution in [2.24, 2.45) is 0 Å². The van der Waals surface area contributed by atoms with E-state index in [1.54, 1.807) is 11.3 Å². The number of hydrogen-bond donors (Lipinski definition) is 1. The molecule has 3 aromatic rings. The molecular formula is C17H18N2S. The first kappa shape index (κ1) is 13.1. The minimum Gasteiger partial charge on any atom is -0.378 e. The van der Waals surface area contributed by atoms with Gasteiger partial charge < -0.3 is 5.32 Å². The molecule has 3 heteroatoms. The molecule has 0 aliphatic rings. The minimum atomic E-state index is 0.293. The third-order valence-corrected chi connectivity index (χ3v) is 4.40. The lowest BCUT2D eigenvalue weighted by Gasteiger charge is -2.18. The molecule has 0 spiro atoms. The van der Waals surface area contributed by atoms with Crippen molar-refractivity contribution in [3.63, 3.8) is 0 Å². The van der Waals surface area contributed by atoms with Gasteiger partial charge in [-0.3, -0.25) is 0 Å². The summed E-state index contributed by atoms with van der Waals surface area (Å²) in [5, 5.41) is 3.58. The highest BCUT2D eigenvalue weighted by atomic mass is 32.1. The van der Waals surface area contributed by atoms with Crippen LogP contribution in [0.2, 0.25) is 0 Å². The van der Waals surface area contributed by atoms with Crippen LogP contribution in [-0.4, -0.2) is 4.98 Å². The van der Waals surface area contributed by atoms with E-state index in [0.29, 0.717) is 6.04 Å². The molecule has 0 fully saturated rings. The number of nitrogens with one attached hydrogen (secondary N) is 1. The van der Waals surface area contributed by atoms with E-state index in [2.05, 4.69) is 67.5 Å². The molecule has 1 unspecified atom stereocenters. The zero-order chi connectivity index (χ0) is 14.1. The zero-order valence-corrected chi connectivity index (χ0v) is 12.8. The Balaban J connectivity index is 1.85. The Morgan fingerprint density at radius 1 is 1.10 bits per heavy atom. The van der Waals surface area contributed by atoms with Gasteiger partial charge in [0.1, 0.15) is 0 Å². The second-order valence-corrected chi connectivity index (χ2v) is 6.15. The van der Waals surface area contributed by atoms with Gasteiger partial charge in [0.05, 0.1) is 15.7 Å². The molecule has 0 bridgehead atoms. The van der Waals surface area contributed by atoms with Gasteiger partial charge in [-0.05, 0) is 50.1 Å². The highest BCUT2D eigenvalue weighted by Gasteiger charge is 2.09. The van der Waals surface area contributed by atoms with Crippen LogP contribution in [0.25, 0.3) is 10.2 Å². The first-order chi connectivity index (χ1) is 9.63. The summed E-state index contributed by atoms with van der Waals surface area (Å²) in [5.74, 6) is 0. The van der Waals surface area contributed by atoms with E-state index in [-0.39, 0.29) is 0 Å². The van der Waals surface area contributed by atoms with Crippen molar-refractivity contribution >= 4 is 27.2 Å². The average molecular weight is 282 g/mol. The molecule has 1 atom stereocenters.